The smallest absolute Gasteiger partial charge is 0.129 e. The fourth-order valence-electron chi connectivity index (χ4n) is 2.46. The van der Waals surface area contributed by atoms with Crippen molar-refractivity contribution in [2.75, 3.05) is 25.1 Å². The molecule has 21 heavy (non-hydrogen) atoms. The van der Waals surface area contributed by atoms with Crippen LogP contribution in [0.3, 0.4) is 0 Å². The lowest BCUT2D eigenvalue weighted by Crippen LogP contribution is -2.40. The van der Waals surface area contributed by atoms with Crippen LogP contribution in [0.5, 0.6) is 0 Å². The summed E-state index contributed by atoms with van der Waals surface area (Å²) >= 11 is 6.27. The van der Waals surface area contributed by atoms with Crippen molar-refractivity contribution in [1.29, 1.82) is 0 Å². The zero-order chi connectivity index (χ0) is 15.5. The van der Waals surface area contributed by atoms with Crippen LogP contribution in [-0.2, 0) is 11.3 Å². The predicted molar refractivity (Wildman–Crippen MR) is 88.1 cm³/mol. The zero-order valence-corrected chi connectivity index (χ0v) is 14.2. The second-order valence-electron chi connectivity index (χ2n) is 6.65. The number of hydrogen-bond donors (Lipinski definition) is 1. The molecule has 1 aliphatic heterocycles. The summed E-state index contributed by atoms with van der Waals surface area (Å²) in [5.41, 5.74) is 0.955. The van der Waals surface area contributed by atoms with Crippen LogP contribution in [0.25, 0.3) is 0 Å². The molecule has 1 aromatic heterocycles. The molecule has 118 valence electrons. The highest BCUT2D eigenvalue weighted by Crippen LogP contribution is 2.23. The first-order chi connectivity index (χ1) is 9.89. The minimum atomic E-state index is 0.0489. The monoisotopic (exact) mass is 311 g/mol. The third-order valence-corrected chi connectivity index (χ3v) is 4.07. The number of nitrogens with one attached hydrogen (secondary N) is 1. The van der Waals surface area contributed by atoms with Gasteiger partial charge in [-0.25, -0.2) is 4.98 Å². The number of hydrogen-bond acceptors (Lipinski definition) is 4. The molecular formula is C16H26ClN3O. The lowest BCUT2D eigenvalue weighted by molar-refractivity contribution is 0.0891. The summed E-state index contributed by atoms with van der Waals surface area (Å²) < 4.78 is 5.48. The van der Waals surface area contributed by atoms with Crippen molar-refractivity contribution in [2.45, 2.75) is 51.8 Å². The molecule has 2 heterocycles. The van der Waals surface area contributed by atoms with Gasteiger partial charge < -0.3 is 15.0 Å². The Morgan fingerprint density at radius 3 is 2.86 bits per heavy atom. The molecule has 0 aromatic carbocycles. The first kappa shape index (κ1) is 16.5. The van der Waals surface area contributed by atoms with Gasteiger partial charge in [0.25, 0.3) is 0 Å². The summed E-state index contributed by atoms with van der Waals surface area (Å²) in [5.74, 6) is 0.992. The van der Waals surface area contributed by atoms with Gasteiger partial charge in [0.15, 0.2) is 0 Å². The number of pyridine rings is 1. The topological polar surface area (TPSA) is 37.4 Å². The molecule has 0 saturated carbocycles. The number of piperidine rings is 1. The van der Waals surface area contributed by atoms with E-state index in [1.807, 2.05) is 12.1 Å². The Labute approximate surface area is 132 Å². The van der Waals surface area contributed by atoms with Crippen LogP contribution in [0, 0.1) is 0 Å². The molecule has 0 bridgehead atoms. The highest BCUT2D eigenvalue weighted by atomic mass is 35.5. The molecule has 1 saturated heterocycles. The van der Waals surface area contributed by atoms with E-state index in [-0.39, 0.29) is 5.54 Å². The van der Waals surface area contributed by atoms with Crippen molar-refractivity contribution in [2.24, 2.45) is 0 Å². The van der Waals surface area contributed by atoms with Gasteiger partial charge in [0.05, 0.1) is 16.8 Å². The van der Waals surface area contributed by atoms with Crippen LogP contribution in [0.15, 0.2) is 12.1 Å². The minimum Gasteiger partial charge on any atom is -0.380 e. The fraction of sp³-hybridized carbons (Fsp3) is 0.688. The Kier molecular flexibility index (Phi) is 5.47. The van der Waals surface area contributed by atoms with E-state index in [0.29, 0.717) is 12.6 Å². The second kappa shape index (κ2) is 6.95. The maximum absolute atomic E-state index is 6.27. The Bertz CT molecular complexity index is 473. The number of rotatable bonds is 4. The highest BCUT2D eigenvalue weighted by molar-refractivity contribution is 6.31. The van der Waals surface area contributed by atoms with Gasteiger partial charge in [0.1, 0.15) is 5.82 Å². The van der Waals surface area contributed by atoms with Gasteiger partial charge in [-0.1, -0.05) is 11.6 Å². The Balaban J connectivity index is 2.10. The minimum absolute atomic E-state index is 0.0489. The van der Waals surface area contributed by atoms with E-state index >= 15 is 0 Å². The number of anilines is 1. The summed E-state index contributed by atoms with van der Waals surface area (Å²) in [6.07, 6.45) is 2.56. The molecule has 0 radical (unpaired) electrons. The molecule has 0 aliphatic carbocycles. The molecule has 2 rings (SSSR count). The summed E-state index contributed by atoms with van der Waals surface area (Å²) in [6.45, 7) is 9.02. The lowest BCUT2D eigenvalue weighted by Gasteiger charge is -2.33. The van der Waals surface area contributed by atoms with Gasteiger partial charge in [0, 0.05) is 32.3 Å². The van der Waals surface area contributed by atoms with Crippen LogP contribution >= 0.6 is 11.6 Å². The molecule has 1 aromatic rings. The Hall–Kier alpha value is -0.840. The molecule has 4 nitrogen and oxygen atoms in total. The SMILES string of the molecule is COC1CCCN(c2ccc(Cl)c(CNC(C)(C)C)n2)C1. The van der Waals surface area contributed by atoms with E-state index in [2.05, 4.69) is 31.0 Å². The van der Waals surface area contributed by atoms with E-state index in [0.717, 1.165) is 42.5 Å². The van der Waals surface area contributed by atoms with E-state index in [9.17, 15) is 0 Å². The normalized spacial score (nSPS) is 19.9. The van der Waals surface area contributed by atoms with Crippen LogP contribution in [-0.4, -0.2) is 36.8 Å². The fourth-order valence-corrected chi connectivity index (χ4v) is 2.63. The van der Waals surface area contributed by atoms with Crippen LogP contribution in [0.2, 0.25) is 5.02 Å². The molecule has 1 atom stereocenters. The highest BCUT2D eigenvalue weighted by Gasteiger charge is 2.21. The molecule has 1 fully saturated rings. The maximum Gasteiger partial charge on any atom is 0.129 e. The van der Waals surface area contributed by atoms with Crippen molar-refractivity contribution in [3.05, 3.63) is 22.8 Å². The predicted octanol–water partition coefficient (Wildman–Crippen LogP) is 3.24. The first-order valence-corrected chi connectivity index (χ1v) is 7.95. The summed E-state index contributed by atoms with van der Waals surface area (Å²) in [6, 6.07) is 3.95. The van der Waals surface area contributed by atoms with Gasteiger partial charge in [-0.05, 0) is 45.7 Å². The van der Waals surface area contributed by atoms with Gasteiger partial charge in [0.2, 0.25) is 0 Å². The van der Waals surface area contributed by atoms with E-state index in [1.165, 1.54) is 0 Å². The number of aromatic nitrogens is 1. The molecule has 0 spiro atoms. The first-order valence-electron chi connectivity index (χ1n) is 7.57. The molecule has 1 unspecified atom stereocenters. The van der Waals surface area contributed by atoms with Crippen molar-refractivity contribution in [3.8, 4) is 0 Å². The second-order valence-corrected chi connectivity index (χ2v) is 7.05. The zero-order valence-electron chi connectivity index (χ0n) is 13.4. The number of nitrogens with zero attached hydrogens (tertiary/aromatic N) is 2. The van der Waals surface area contributed by atoms with Gasteiger partial charge in [-0.3, -0.25) is 0 Å². The van der Waals surface area contributed by atoms with Gasteiger partial charge in [-0.2, -0.15) is 0 Å². The van der Waals surface area contributed by atoms with Crippen LogP contribution in [0.4, 0.5) is 5.82 Å². The summed E-state index contributed by atoms with van der Waals surface area (Å²) in [5, 5.41) is 4.16. The van der Waals surface area contributed by atoms with E-state index in [1.54, 1.807) is 7.11 Å². The van der Waals surface area contributed by atoms with Crippen molar-refractivity contribution in [3.63, 3.8) is 0 Å². The quantitative estimate of drug-likeness (QED) is 0.926. The number of halogens is 1. The molecule has 0 amide bonds. The van der Waals surface area contributed by atoms with Crippen molar-refractivity contribution in [1.82, 2.24) is 10.3 Å². The molecule has 1 N–H and O–H groups in total. The third-order valence-electron chi connectivity index (χ3n) is 3.73. The molecule has 5 heteroatoms. The number of ether oxygens (including phenoxy) is 1. The molecule has 1 aliphatic rings. The van der Waals surface area contributed by atoms with Crippen molar-refractivity contribution >= 4 is 17.4 Å². The van der Waals surface area contributed by atoms with Crippen molar-refractivity contribution < 1.29 is 4.74 Å². The summed E-state index contributed by atoms with van der Waals surface area (Å²) in [4.78, 5) is 7.03. The summed E-state index contributed by atoms with van der Waals surface area (Å²) in [7, 11) is 1.78. The largest absolute Gasteiger partial charge is 0.380 e. The maximum atomic E-state index is 6.27. The Morgan fingerprint density at radius 2 is 2.19 bits per heavy atom. The van der Waals surface area contributed by atoms with Gasteiger partial charge in [-0.15, -0.1) is 0 Å². The average Bonchev–Trinajstić information content (AvgIpc) is 2.45. The Morgan fingerprint density at radius 1 is 1.43 bits per heavy atom. The molecular weight excluding hydrogens is 286 g/mol. The lowest BCUT2D eigenvalue weighted by atomic mass is 10.1. The third kappa shape index (κ3) is 4.83. The number of methoxy groups -OCH3 is 1. The van der Waals surface area contributed by atoms with Crippen LogP contribution in [0.1, 0.15) is 39.3 Å². The average molecular weight is 312 g/mol. The standard InChI is InChI=1S/C16H26ClN3O/c1-16(2,3)18-10-14-13(17)7-8-15(19-14)20-9-5-6-12(11-20)21-4/h7-8,12,18H,5-6,9-11H2,1-4H3. The van der Waals surface area contributed by atoms with E-state index in [4.69, 9.17) is 21.3 Å². The van der Waals surface area contributed by atoms with Gasteiger partial charge >= 0.3 is 0 Å². The van der Waals surface area contributed by atoms with E-state index < -0.39 is 0 Å². The van der Waals surface area contributed by atoms with Crippen LogP contribution < -0.4 is 10.2 Å².